The first kappa shape index (κ1) is 16.0. The van der Waals surface area contributed by atoms with E-state index in [-0.39, 0.29) is 0 Å². The highest BCUT2D eigenvalue weighted by Crippen LogP contribution is 2.22. The number of anilines is 1. The molecule has 0 amide bonds. The molecule has 0 saturated carbocycles. The fraction of sp³-hybridized carbons (Fsp3) is 0.421. The highest BCUT2D eigenvalue weighted by Gasteiger charge is 2.19. The second-order valence-electron chi connectivity index (χ2n) is 6.84. The quantitative estimate of drug-likeness (QED) is 0.729. The van der Waals surface area contributed by atoms with Gasteiger partial charge in [-0.05, 0) is 18.2 Å². The Labute approximate surface area is 147 Å². The van der Waals surface area contributed by atoms with Crippen LogP contribution in [0.25, 0.3) is 10.9 Å². The number of aromatic nitrogens is 3. The van der Waals surface area contributed by atoms with Crippen LogP contribution in [-0.2, 0) is 6.54 Å². The third-order valence-electron chi connectivity index (χ3n) is 4.73. The van der Waals surface area contributed by atoms with Gasteiger partial charge in [0.15, 0.2) is 0 Å². The van der Waals surface area contributed by atoms with E-state index in [2.05, 4.69) is 56.8 Å². The number of benzene rings is 1. The van der Waals surface area contributed by atoms with Gasteiger partial charge in [0.2, 0.25) is 5.89 Å². The van der Waals surface area contributed by atoms with Crippen molar-refractivity contribution in [1.82, 2.24) is 19.9 Å². The summed E-state index contributed by atoms with van der Waals surface area (Å²) in [5, 5.41) is 1.09. The Morgan fingerprint density at radius 1 is 1.08 bits per heavy atom. The molecule has 0 aliphatic carbocycles. The lowest BCUT2D eigenvalue weighted by atomic mass is 10.2. The molecule has 2 aromatic heterocycles. The van der Waals surface area contributed by atoms with E-state index in [0.29, 0.717) is 5.92 Å². The van der Waals surface area contributed by atoms with Crippen molar-refractivity contribution in [3.63, 3.8) is 0 Å². The van der Waals surface area contributed by atoms with Gasteiger partial charge in [-0.2, -0.15) is 0 Å². The average Bonchev–Trinajstić information content (AvgIpc) is 3.11. The van der Waals surface area contributed by atoms with Crippen molar-refractivity contribution in [3.8, 4) is 0 Å². The minimum Gasteiger partial charge on any atom is -0.444 e. The second-order valence-corrected chi connectivity index (χ2v) is 6.84. The normalized spacial score (nSPS) is 16.0. The standard InChI is InChI=1S/C19H23N5O/c1-14(2)18-11-21-19(25-18)12-23-5-7-24(8-6-23)16-3-4-17-15(9-16)10-20-13-22-17/h3-4,9-11,13-14H,5-8,12H2,1-2H3. The Morgan fingerprint density at radius 2 is 1.92 bits per heavy atom. The minimum absolute atomic E-state index is 0.384. The number of hydrogen-bond acceptors (Lipinski definition) is 6. The third kappa shape index (κ3) is 3.49. The molecular formula is C19H23N5O. The van der Waals surface area contributed by atoms with Crippen LogP contribution in [0.5, 0.6) is 0 Å². The number of hydrogen-bond donors (Lipinski definition) is 0. The fourth-order valence-corrected chi connectivity index (χ4v) is 3.19. The van der Waals surface area contributed by atoms with Crippen LogP contribution >= 0.6 is 0 Å². The summed E-state index contributed by atoms with van der Waals surface area (Å²) >= 11 is 0. The Kier molecular flexibility index (Phi) is 4.36. The molecule has 1 aliphatic heterocycles. The SMILES string of the molecule is CC(C)c1cnc(CN2CCN(c3ccc4ncncc4c3)CC2)o1. The third-order valence-corrected chi connectivity index (χ3v) is 4.73. The van der Waals surface area contributed by atoms with Crippen LogP contribution in [0.2, 0.25) is 0 Å². The molecular weight excluding hydrogens is 314 g/mol. The van der Waals surface area contributed by atoms with Crippen molar-refractivity contribution in [2.75, 3.05) is 31.1 Å². The van der Waals surface area contributed by atoms with Crippen molar-refractivity contribution in [2.45, 2.75) is 26.3 Å². The summed E-state index contributed by atoms with van der Waals surface area (Å²) in [6.45, 7) is 9.03. The van der Waals surface area contributed by atoms with Gasteiger partial charge < -0.3 is 9.32 Å². The van der Waals surface area contributed by atoms with Crippen LogP contribution in [0, 0.1) is 0 Å². The summed E-state index contributed by atoms with van der Waals surface area (Å²) in [4.78, 5) is 17.6. The molecule has 0 unspecified atom stereocenters. The van der Waals surface area contributed by atoms with Gasteiger partial charge in [0.1, 0.15) is 12.1 Å². The highest BCUT2D eigenvalue weighted by atomic mass is 16.4. The molecule has 0 N–H and O–H groups in total. The van der Waals surface area contributed by atoms with Crippen molar-refractivity contribution < 1.29 is 4.42 Å². The summed E-state index contributed by atoms with van der Waals surface area (Å²) in [5.74, 6) is 2.17. The number of fused-ring (bicyclic) bond motifs is 1. The molecule has 0 atom stereocenters. The Hall–Kier alpha value is -2.47. The van der Waals surface area contributed by atoms with E-state index in [0.717, 1.165) is 55.3 Å². The number of nitrogens with zero attached hydrogens (tertiary/aromatic N) is 5. The van der Waals surface area contributed by atoms with E-state index in [1.165, 1.54) is 5.69 Å². The molecule has 4 rings (SSSR count). The molecule has 3 aromatic rings. The van der Waals surface area contributed by atoms with Crippen LogP contribution in [0.1, 0.15) is 31.4 Å². The molecule has 25 heavy (non-hydrogen) atoms. The summed E-state index contributed by atoms with van der Waals surface area (Å²) in [6.07, 6.45) is 5.32. The van der Waals surface area contributed by atoms with Gasteiger partial charge in [0.05, 0.1) is 18.3 Å². The summed E-state index contributed by atoms with van der Waals surface area (Å²) in [6, 6.07) is 6.39. The van der Waals surface area contributed by atoms with E-state index >= 15 is 0 Å². The Bertz CT molecular complexity index is 852. The largest absolute Gasteiger partial charge is 0.444 e. The average molecular weight is 337 g/mol. The van der Waals surface area contributed by atoms with Gasteiger partial charge in [-0.1, -0.05) is 13.8 Å². The van der Waals surface area contributed by atoms with E-state index in [4.69, 9.17) is 4.42 Å². The van der Waals surface area contributed by atoms with E-state index in [1.807, 2.05) is 12.4 Å². The monoisotopic (exact) mass is 337 g/mol. The van der Waals surface area contributed by atoms with E-state index < -0.39 is 0 Å². The van der Waals surface area contributed by atoms with Gasteiger partial charge in [0.25, 0.3) is 0 Å². The molecule has 0 radical (unpaired) electrons. The predicted molar refractivity (Wildman–Crippen MR) is 97.6 cm³/mol. The van der Waals surface area contributed by atoms with Crippen molar-refractivity contribution >= 4 is 16.6 Å². The molecule has 130 valence electrons. The van der Waals surface area contributed by atoms with Gasteiger partial charge in [-0.15, -0.1) is 0 Å². The highest BCUT2D eigenvalue weighted by molar-refractivity contribution is 5.81. The Balaban J connectivity index is 1.38. The maximum atomic E-state index is 5.83. The lowest BCUT2D eigenvalue weighted by Gasteiger charge is -2.35. The number of rotatable bonds is 4. The zero-order valence-electron chi connectivity index (χ0n) is 14.7. The topological polar surface area (TPSA) is 58.3 Å². The summed E-state index contributed by atoms with van der Waals surface area (Å²) in [5.41, 5.74) is 2.22. The zero-order valence-corrected chi connectivity index (χ0v) is 14.7. The molecule has 6 nitrogen and oxygen atoms in total. The van der Waals surface area contributed by atoms with Gasteiger partial charge in [0, 0.05) is 49.4 Å². The zero-order chi connectivity index (χ0) is 17.2. The molecule has 1 aliphatic rings. The lowest BCUT2D eigenvalue weighted by Crippen LogP contribution is -2.46. The smallest absolute Gasteiger partial charge is 0.208 e. The maximum Gasteiger partial charge on any atom is 0.208 e. The van der Waals surface area contributed by atoms with Crippen LogP contribution in [0.15, 0.2) is 41.3 Å². The van der Waals surface area contributed by atoms with Crippen molar-refractivity contribution in [3.05, 3.63) is 48.6 Å². The van der Waals surface area contributed by atoms with Crippen LogP contribution < -0.4 is 4.90 Å². The predicted octanol–water partition coefficient (Wildman–Crippen LogP) is 3.06. The second kappa shape index (κ2) is 6.80. The molecule has 1 saturated heterocycles. The van der Waals surface area contributed by atoms with Crippen LogP contribution in [0.3, 0.4) is 0 Å². The van der Waals surface area contributed by atoms with Crippen LogP contribution in [-0.4, -0.2) is 46.0 Å². The number of oxazole rings is 1. The van der Waals surface area contributed by atoms with E-state index in [1.54, 1.807) is 6.33 Å². The Morgan fingerprint density at radius 3 is 2.68 bits per heavy atom. The van der Waals surface area contributed by atoms with Gasteiger partial charge in [-0.25, -0.2) is 15.0 Å². The first-order valence-corrected chi connectivity index (χ1v) is 8.81. The number of piperazine rings is 1. The molecule has 6 heteroatoms. The first-order chi connectivity index (χ1) is 12.2. The van der Waals surface area contributed by atoms with Gasteiger partial charge in [-0.3, -0.25) is 4.90 Å². The van der Waals surface area contributed by atoms with Crippen LogP contribution in [0.4, 0.5) is 5.69 Å². The molecule has 1 aromatic carbocycles. The molecule has 0 bridgehead atoms. The van der Waals surface area contributed by atoms with E-state index in [9.17, 15) is 0 Å². The molecule has 1 fully saturated rings. The minimum atomic E-state index is 0.384. The van der Waals surface area contributed by atoms with Crippen molar-refractivity contribution in [1.29, 1.82) is 0 Å². The van der Waals surface area contributed by atoms with Crippen molar-refractivity contribution in [2.24, 2.45) is 0 Å². The summed E-state index contributed by atoms with van der Waals surface area (Å²) < 4.78 is 5.83. The maximum absolute atomic E-state index is 5.83. The fourth-order valence-electron chi connectivity index (χ4n) is 3.19. The first-order valence-electron chi connectivity index (χ1n) is 8.81. The molecule has 3 heterocycles. The lowest BCUT2D eigenvalue weighted by molar-refractivity contribution is 0.223. The summed E-state index contributed by atoms with van der Waals surface area (Å²) in [7, 11) is 0. The van der Waals surface area contributed by atoms with Gasteiger partial charge >= 0.3 is 0 Å². The molecule has 0 spiro atoms.